The second kappa shape index (κ2) is 7.62. The summed E-state index contributed by atoms with van der Waals surface area (Å²) in [7, 11) is 0. The van der Waals surface area contributed by atoms with E-state index in [2.05, 4.69) is 4.99 Å². The van der Waals surface area contributed by atoms with Gasteiger partial charge in [0.25, 0.3) is 0 Å². The summed E-state index contributed by atoms with van der Waals surface area (Å²) in [5.74, 6) is 0.0991. The van der Waals surface area contributed by atoms with Crippen LogP contribution in [0.15, 0.2) is 34.5 Å². The molecule has 8 heteroatoms. The van der Waals surface area contributed by atoms with Gasteiger partial charge in [0.2, 0.25) is 5.91 Å². The van der Waals surface area contributed by atoms with Crippen molar-refractivity contribution in [2.24, 2.45) is 4.99 Å². The molecule has 0 saturated carbocycles. The van der Waals surface area contributed by atoms with Crippen molar-refractivity contribution in [1.82, 2.24) is 4.90 Å². The second-order valence-corrected chi connectivity index (χ2v) is 8.16. The number of esters is 1. The van der Waals surface area contributed by atoms with E-state index in [1.165, 1.54) is 11.8 Å². The summed E-state index contributed by atoms with van der Waals surface area (Å²) in [6, 6.07) is 4.47. The van der Waals surface area contributed by atoms with E-state index in [0.29, 0.717) is 44.2 Å². The van der Waals surface area contributed by atoms with Crippen molar-refractivity contribution in [2.45, 2.75) is 39.3 Å². The van der Waals surface area contributed by atoms with E-state index >= 15 is 0 Å². The van der Waals surface area contributed by atoms with Crippen molar-refractivity contribution >= 4 is 52.0 Å². The van der Waals surface area contributed by atoms with E-state index in [1.807, 2.05) is 0 Å². The van der Waals surface area contributed by atoms with E-state index in [1.54, 1.807) is 43.9 Å². The number of thioether (sulfide) groups is 1. The number of carbonyl (C=O) groups excluding carboxylic acids is 2. The fourth-order valence-corrected chi connectivity index (χ4v) is 4.25. The Balaban J connectivity index is 2.16. The van der Waals surface area contributed by atoms with E-state index < -0.39 is 12.0 Å². The van der Waals surface area contributed by atoms with Crippen LogP contribution in [0.3, 0.4) is 0 Å². The Hall–Kier alpha value is -1.50. The minimum atomic E-state index is -0.635. The number of benzene rings is 1. The summed E-state index contributed by atoms with van der Waals surface area (Å²) in [6.07, 6.45) is 0.0987. The standard InChI is InChI=1S/C18H18Cl2N2O3S/c1-9(2)25-17(24)15-10(3)21-18-22(14(23)6-7-26-18)16(15)11-4-5-12(19)13(20)8-11/h4-5,8-9,16H,6-7H2,1-3H3. The topological polar surface area (TPSA) is 59.0 Å². The van der Waals surface area contributed by atoms with Crippen LogP contribution in [0, 0.1) is 0 Å². The first kappa shape index (κ1) is 19.3. The van der Waals surface area contributed by atoms with E-state index in [4.69, 9.17) is 27.9 Å². The average molecular weight is 413 g/mol. The zero-order chi connectivity index (χ0) is 19.0. The monoisotopic (exact) mass is 412 g/mol. The fraction of sp³-hybridized carbons (Fsp3) is 0.389. The maximum absolute atomic E-state index is 12.8. The molecule has 1 amide bonds. The highest BCUT2D eigenvalue weighted by molar-refractivity contribution is 8.14. The van der Waals surface area contributed by atoms with Gasteiger partial charge in [0.05, 0.1) is 33.5 Å². The lowest BCUT2D eigenvalue weighted by Crippen LogP contribution is -2.46. The number of halogens is 2. The Morgan fingerprint density at radius 1 is 1.35 bits per heavy atom. The molecule has 0 radical (unpaired) electrons. The van der Waals surface area contributed by atoms with Crippen molar-refractivity contribution in [1.29, 1.82) is 0 Å². The van der Waals surface area contributed by atoms with Crippen molar-refractivity contribution in [3.05, 3.63) is 45.1 Å². The lowest BCUT2D eigenvalue weighted by molar-refractivity contribution is -0.143. The van der Waals surface area contributed by atoms with Crippen LogP contribution < -0.4 is 0 Å². The maximum atomic E-state index is 12.8. The Bertz CT molecular complexity index is 836. The highest BCUT2D eigenvalue weighted by Crippen LogP contribution is 2.41. The number of fused-ring (bicyclic) bond motifs is 1. The predicted molar refractivity (Wildman–Crippen MR) is 104 cm³/mol. The molecule has 1 fully saturated rings. The van der Waals surface area contributed by atoms with Gasteiger partial charge in [-0.2, -0.15) is 0 Å². The minimum absolute atomic E-state index is 0.0825. The van der Waals surface area contributed by atoms with Crippen LogP contribution in [0.25, 0.3) is 0 Å². The molecule has 2 aliphatic heterocycles. The van der Waals surface area contributed by atoms with Crippen LogP contribution in [0.4, 0.5) is 0 Å². The number of amidine groups is 1. The second-order valence-electron chi connectivity index (χ2n) is 6.29. The number of amides is 1. The van der Waals surface area contributed by atoms with Crippen LogP contribution in [0.5, 0.6) is 0 Å². The Kier molecular flexibility index (Phi) is 5.65. The fourth-order valence-electron chi connectivity index (χ4n) is 2.93. The lowest BCUT2D eigenvalue weighted by Gasteiger charge is -2.39. The van der Waals surface area contributed by atoms with E-state index in [0.717, 1.165) is 0 Å². The first-order valence-corrected chi connectivity index (χ1v) is 9.94. The number of rotatable bonds is 3. The molecule has 5 nitrogen and oxygen atoms in total. The molecular formula is C18H18Cl2N2O3S. The number of aliphatic imine (C=N–C) groups is 1. The number of hydrogen-bond acceptors (Lipinski definition) is 5. The smallest absolute Gasteiger partial charge is 0.338 e. The Morgan fingerprint density at radius 3 is 2.73 bits per heavy atom. The number of hydrogen-bond donors (Lipinski definition) is 0. The molecule has 138 valence electrons. The first-order chi connectivity index (χ1) is 12.3. The first-order valence-electron chi connectivity index (χ1n) is 8.20. The van der Waals surface area contributed by atoms with Gasteiger partial charge in [-0.3, -0.25) is 9.69 Å². The summed E-state index contributed by atoms with van der Waals surface area (Å²) in [4.78, 5) is 31.5. The van der Waals surface area contributed by atoms with Crippen molar-refractivity contribution in [3.8, 4) is 0 Å². The molecule has 2 aliphatic rings. The third kappa shape index (κ3) is 3.63. The van der Waals surface area contributed by atoms with E-state index in [-0.39, 0.29) is 12.0 Å². The molecule has 26 heavy (non-hydrogen) atoms. The predicted octanol–water partition coefficient (Wildman–Crippen LogP) is 4.60. The molecule has 1 unspecified atom stereocenters. The summed E-state index contributed by atoms with van der Waals surface area (Å²) in [5, 5.41) is 1.36. The van der Waals surface area contributed by atoms with Gasteiger partial charge in [0.15, 0.2) is 5.17 Å². The van der Waals surface area contributed by atoms with Gasteiger partial charge in [0.1, 0.15) is 0 Å². The molecule has 0 aromatic heterocycles. The number of ether oxygens (including phenoxy) is 1. The SMILES string of the molecule is CC1=C(C(=O)OC(C)C)C(c2ccc(Cl)c(Cl)c2)N2C(=O)CCSC2=N1. The largest absolute Gasteiger partial charge is 0.459 e. The van der Waals surface area contributed by atoms with Crippen LogP contribution in [0.2, 0.25) is 10.0 Å². The van der Waals surface area contributed by atoms with Gasteiger partial charge >= 0.3 is 5.97 Å². The van der Waals surface area contributed by atoms with Crippen molar-refractivity contribution in [3.63, 3.8) is 0 Å². The van der Waals surface area contributed by atoms with Gasteiger partial charge < -0.3 is 4.74 Å². The lowest BCUT2D eigenvalue weighted by atomic mass is 9.94. The van der Waals surface area contributed by atoms with Crippen LogP contribution in [-0.4, -0.2) is 33.8 Å². The Morgan fingerprint density at radius 2 is 2.08 bits per heavy atom. The molecule has 0 N–H and O–H groups in total. The molecule has 0 bridgehead atoms. The van der Waals surface area contributed by atoms with Gasteiger partial charge in [-0.05, 0) is 38.5 Å². The number of carbonyl (C=O) groups is 2. The molecule has 1 atom stereocenters. The summed E-state index contributed by atoms with van der Waals surface area (Å²) in [5.41, 5.74) is 1.58. The van der Waals surface area contributed by atoms with Crippen LogP contribution in [0.1, 0.15) is 38.8 Å². The zero-order valence-corrected chi connectivity index (χ0v) is 16.9. The average Bonchev–Trinajstić information content (AvgIpc) is 2.55. The normalized spacial score (nSPS) is 20.2. The zero-order valence-electron chi connectivity index (χ0n) is 14.6. The Labute approximate surface area is 166 Å². The molecule has 0 spiro atoms. The van der Waals surface area contributed by atoms with Crippen LogP contribution in [-0.2, 0) is 14.3 Å². The van der Waals surface area contributed by atoms with Gasteiger partial charge in [0, 0.05) is 12.2 Å². The highest BCUT2D eigenvalue weighted by Gasteiger charge is 2.41. The quantitative estimate of drug-likeness (QED) is 0.680. The summed E-state index contributed by atoms with van der Waals surface area (Å²) >= 11 is 13.7. The van der Waals surface area contributed by atoms with E-state index in [9.17, 15) is 9.59 Å². The summed E-state index contributed by atoms with van der Waals surface area (Å²) in [6.45, 7) is 5.31. The summed E-state index contributed by atoms with van der Waals surface area (Å²) < 4.78 is 5.41. The number of allylic oxidation sites excluding steroid dienone is 1. The van der Waals surface area contributed by atoms with Gasteiger partial charge in [-0.15, -0.1) is 0 Å². The minimum Gasteiger partial charge on any atom is -0.459 e. The van der Waals surface area contributed by atoms with Crippen LogP contribution >= 0.6 is 35.0 Å². The van der Waals surface area contributed by atoms with Gasteiger partial charge in [-0.1, -0.05) is 41.0 Å². The van der Waals surface area contributed by atoms with Gasteiger partial charge in [-0.25, -0.2) is 9.79 Å². The van der Waals surface area contributed by atoms with Crippen molar-refractivity contribution < 1.29 is 14.3 Å². The van der Waals surface area contributed by atoms with Crippen molar-refractivity contribution in [2.75, 3.05) is 5.75 Å². The molecule has 1 saturated heterocycles. The molecule has 0 aliphatic carbocycles. The molecule has 2 heterocycles. The molecule has 3 rings (SSSR count). The molecule has 1 aromatic carbocycles. The third-order valence-corrected chi connectivity index (χ3v) is 5.72. The number of nitrogens with zero attached hydrogens (tertiary/aromatic N) is 2. The highest BCUT2D eigenvalue weighted by atomic mass is 35.5. The molecule has 1 aromatic rings. The molecular weight excluding hydrogens is 395 g/mol. The third-order valence-electron chi connectivity index (χ3n) is 4.03. The maximum Gasteiger partial charge on any atom is 0.338 e.